The number of benzene rings is 1. The number of hydrogen-bond acceptors (Lipinski definition) is 4. The Kier molecular flexibility index (Phi) is 7.04. The molecule has 0 radical (unpaired) electrons. The van der Waals surface area contributed by atoms with E-state index in [1.165, 1.54) is 0 Å². The maximum Gasteiger partial charge on any atom is 0.416 e. The fourth-order valence-corrected chi connectivity index (χ4v) is 3.22. The Balaban J connectivity index is 1.76. The molecule has 2 atom stereocenters. The van der Waals surface area contributed by atoms with Crippen molar-refractivity contribution >= 4 is 17.8 Å². The van der Waals surface area contributed by atoms with Gasteiger partial charge in [-0.25, -0.2) is 0 Å². The molecule has 1 fully saturated rings. The van der Waals surface area contributed by atoms with Crippen molar-refractivity contribution in [2.75, 3.05) is 26.2 Å². The number of hydrogen-bond donors (Lipinski definition) is 1. The quantitative estimate of drug-likeness (QED) is 0.771. The minimum atomic E-state index is -4.49. The summed E-state index contributed by atoms with van der Waals surface area (Å²) in [4.78, 5) is 37.4. The molecule has 28 heavy (non-hydrogen) atoms. The molecule has 1 N–H and O–H groups in total. The van der Waals surface area contributed by atoms with E-state index in [2.05, 4.69) is 19.2 Å². The molecule has 0 aromatic heterocycles. The number of nitrogens with zero attached hydrogens (tertiary/aromatic N) is 1. The van der Waals surface area contributed by atoms with Crippen molar-refractivity contribution in [3.8, 4) is 0 Å². The Morgan fingerprint density at radius 1 is 1.11 bits per heavy atom. The average molecular weight is 400 g/mol. The third-order valence-electron chi connectivity index (χ3n) is 4.45. The second kappa shape index (κ2) is 9.07. The second-order valence-corrected chi connectivity index (χ2v) is 7.16. The van der Waals surface area contributed by atoms with Crippen LogP contribution in [0.5, 0.6) is 0 Å². The first-order valence-corrected chi connectivity index (χ1v) is 8.95. The van der Waals surface area contributed by atoms with Gasteiger partial charge >= 0.3 is 12.1 Å². The SMILES string of the molecule is C[C@H]1C[C@H](C)CN(C(=O)COC(=O)CNC(=O)c2ccc(C(F)(F)F)cc2)C1. The van der Waals surface area contributed by atoms with Gasteiger partial charge in [-0.2, -0.15) is 13.2 Å². The molecule has 1 aromatic carbocycles. The minimum absolute atomic E-state index is 0.0202. The zero-order valence-electron chi connectivity index (χ0n) is 15.7. The molecule has 1 aromatic rings. The topological polar surface area (TPSA) is 75.7 Å². The number of carbonyl (C=O) groups is 3. The number of carbonyl (C=O) groups excluding carboxylic acids is 3. The summed E-state index contributed by atoms with van der Waals surface area (Å²) < 4.78 is 42.4. The normalized spacial score (nSPS) is 19.8. The zero-order valence-corrected chi connectivity index (χ0v) is 15.7. The van der Waals surface area contributed by atoms with Crippen LogP contribution in [-0.2, 0) is 20.5 Å². The van der Waals surface area contributed by atoms with Crippen molar-refractivity contribution in [3.63, 3.8) is 0 Å². The molecule has 2 rings (SSSR count). The van der Waals surface area contributed by atoms with Crippen molar-refractivity contribution in [1.29, 1.82) is 0 Å². The molecule has 1 aliphatic heterocycles. The van der Waals surface area contributed by atoms with Gasteiger partial charge in [-0.3, -0.25) is 14.4 Å². The van der Waals surface area contributed by atoms with Crippen LogP contribution in [0.1, 0.15) is 36.2 Å². The largest absolute Gasteiger partial charge is 0.454 e. The second-order valence-electron chi connectivity index (χ2n) is 7.16. The summed E-state index contributed by atoms with van der Waals surface area (Å²) >= 11 is 0. The highest BCUT2D eigenvalue weighted by Crippen LogP contribution is 2.29. The highest BCUT2D eigenvalue weighted by Gasteiger charge is 2.30. The molecular weight excluding hydrogens is 377 g/mol. The minimum Gasteiger partial charge on any atom is -0.454 e. The summed E-state index contributed by atoms with van der Waals surface area (Å²) in [6.07, 6.45) is -3.45. The maximum absolute atomic E-state index is 12.5. The lowest BCUT2D eigenvalue weighted by Gasteiger charge is -2.34. The highest BCUT2D eigenvalue weighted by atomic mass is 19.4. The van der Waals surface area contributed by atoms with E-state index in [0.29, 0.717) is 24.9 Å². The Morgan fingerprint density at radius 2 is 1.68 bits per heavy atom. The molecule has 1 aliphatic rings. The van der Waals surface area contributed by atoms with Crippen molar-refractivity contribution < 1.29 is 32.3 Å². The number of ether oxygens (including phenoxy) is 1. The van der Waals surface area contributed by atoms with Crippen LogP contribution in [0.25, 0.3) is 0 Å². The van der Waals surface area contributed by atoms with E-state index >= 15 is 0 Å². The lowest BCUT2D eigenvalue weighted by atomic mass is 9.92. The molecule has 1 saturated heterocycles. The molecule has 0 saturated carbocycles. The predicted molar refractivity (Wildman–Crippen MR) is 94.3 cm³/mol. The van der Waals surface area contributed by atoms with Crippen LogP contribution in [0.4, 0.5) is 13.2 Å². The smallest absolute Gasteiger partial charge is 0.416 e. The Morgan fingerprint density at radius 3 is 2.21 bits per heavy atom. The summed E-state index contributed by atoms with van der Waals surface area (Å²) in [5.74, 6) is -1.04. The summed E-state index contributed by atoms with van der Waals surface area (Å²) in [5.41, 5.74) is -0.892. The van der Waals surface area contributed by atoms with Crippen LogP contribution < -0.4 is 5.32 Å². The first kappa shape index (κ1) is 21.7. The van der Waals surface area contributed by atoms with Gasteiger partial charge in [0, 0.05) is 18.7 Å². The summed E-state index contributed by atoms with van der Waals surface area (Å²) in [6, 6.07) is 3.61. The van der Waals surface area contributed by atoms with Gasteiger partial charge in [-0.05, 0) is 42.5 Å². The molecule has 0 aliphatic carbocycles. The van der Waals surface area contributed by atoms with Gasteiger partial charge in [0.15, 0.2) is 6.61 Å². The Hall–Kier alpha value is -2.58. The first-order valence-electron chi connectivity index (χ1n) is 8.95. The van der Waals surface area contributed by atoms with Crippen LogP contribution in [0.15, 0.2) is 24.3 Å². The molecule has 0 spiro atoms. The molecule has 2 amide bonds. The zero-order chi connectivity index (χ0) is 20.9. The average Bonchev–Trinajstić information content (AvgIpc) is 2.62. The van der Waals surface area contributed by atoms with Crippen molar-refractivity contribution in [3.05, 3.63) is 35.4 Å². The number of esters is 1. The molecule has 154 valence electrons. The summed E-state index contributed by atoms with van der Waals surface area (Å²) in [7, 11) is 0. The summed E-state index contributed by atoms with van der Waals surface area (Å²) in [5, 5.41) is 2.25. The van der Waals surface area contributed by atoms with E-state index in [9.17, 15) is 27.6 Å². The standard InChI is InChI=1S/C19H23F3N2O4/c1-12-7-13(2)10-24(9-12)16(25)11-28-17(26)8-23-18(27)14-3-5-15(6-4-14)19(20,21)22/h3-6,12-13H,7-11H2,1-2H3,(H,23,27)/t12-,13-/m0/s1. The Labute approximate surface area is 161 Å². The van der Waals surface area contributed by atoms with Crippen LogP contribution in [0.2, 0.25) is 0 Å². The van der Waals surface area contributed by atoms with Crippen molar-refractivity contribution in [1.82, 2.24) is 10.2 Å². The Bertz CT molecular complexity index is 709. The van der Waals surface area contributed by atoms with E-state index in [-0.39, 0.29) is 11.5 Å². The van der Waals surface area contributed by atoms with Gasteiger partial charge in [-0.15, -0.1) is 0 Å². The summed E-state index contributed by atoms with van der Waals surface area (Å²) in [6.45, 7) is 4.45. The lowest BCUT2D eigenvalue weighted by Crippen LogP contribution is -2.44. The number of nitrogens with one attached hydrogen (secondary N) is 1. The predicted octanol–water partition coefficient (Wildman–Crippen LogP) is 2.48. The van der Waals surface area contributed by atoms with Crippen molar-refractivity contribution in [2.45, 2.75) is 26.4 Å². The number of piperidine rings is 1. The maximum atomic E-state index is 12.5. The number of likely N-dealkylation sites (tertiary alicyclic amines) is 1. The first-order chi connectivity index (χ1) is 13.1. The van der Waals surface area contributed by atoms with E-state index in [4.69, 9.17) is 4.74 Å². The third-order valence-corrected chi connectivity index (χ3v) is 4.45. The number of alkyl halides is 3. The highest BCUT2D eigenvalue weighted by molar-refractivity contribution is 5.96. The van der Waals surface area contributed by atoms with Gasteiger partial charge < -0.3 is 15.0 Å². The molecule has 0 unspecified atom stereocenters. The fraction of sp³-hybridized carbons (Fsp3) is 0.526. The van der Waals surface area contributed by atoms with Gasteiger partial charge in [0.1, 0.15) is 6.54 Å². The molecule has 9 heteroatoms. The monoisotopic (exact) mass is 400 g/mol. The van der Waals surface area contributed by atoms with Gasteiger partial charge in [0.05, 0.1) is 5.56 Å². The third kappa shape index (κ3) is 6.24. The fourth-order valence-electron chi connectivity index (χ4n) is 3.22. The number of amides is 2. The van der Waals surface area contributed by atoms with Crippen LogP contribution in [-0.4, -0.2) is 48.9 Å². The van der Waals surface area contributed by atoms with E-state index in [0.717, 1.165) is 30.7 Å². The van der Waals surface area contributed by atoms with Crippen molar-refractivity contribution in [2.24, 2.45) is 11.8 Å². The molecule has 1 heterocycles. The van der Waals surface area contributed by atoms with Crippen LogP contribution in [0.3, 0.4) is 0 Å². The van der Waals surface area contributed by atoms with Gasteiger partial charge in [0.2, 0.25) is 0 Å². The van der Waals surface area contributed by atoms with E-state index in [1.807, 2.05) is 0 Å². The van der Waals surface area contributed by atoms with Gasteiger partial charge in [0.25, 0.3) is 11.8 Å². The van der Waals surface area contributed by atoms with E-state index in [1.54, 1.807) is 4.90 Å². The number of rotatable bonds is 5. The van der Waals surface area contributed by atoms with Gasteiger partial charge in [-0.1, -0.05) is 13.8 Å². The van der Waals surface area contributed by atoms with Crippen LogP contribution >= 0.6 is 0 Å². The lowest BCUT2D eigenvalue weighted by molar-refractivity contribution is -0.152. The van der Waals surface area contributed by atoms with Crippen LogP contribution in [0, 0.1) is 11.8 Å². The molecular formula is C19H23F3N2O4. The molecule has 6 nitrogen and oxygen atoms in total. The van der Waals surface area contributed by atoms with E-state index < -0.39 is 36.8 Å². The number of halogens is 3. The molecule has 0 bridgehead atoms.